The number of para-hydroxylation sites is 1. The first-order chi connectivity index (χ1) is 12.6. The molecule has 1 fully saturated rings. The monoisotopic (exact) mass is 364 g/mol. The Bertz CT molecular complexity index is 869. The van der Waals surface area contributed by atoms with E-state index in [2.05, 4.69) is 37.5 Å². The van der Waals surface area contributed by atoms with Gasteiger partial charge in [0.05, 0.1) is 0 Å². The first-order valence-corrected chi connectivity index (χ1v) is 9.42. The Hall–Kier alpha value is -2.62. The van der Waals surface area contributed by atoms with Gasteiger partial charge < -0.3 is 10.6 Å². The molecule has 0 aliphatic heterocycles. The molecule has 0 spiro atoms. The van der Waals surface area contributed by atoms with Crippen molar-refractivity contribution in [2.24, 2.45) is 5.41 Å². The fraction of sp³-hybridized carbons (Fsp3) is 0.391. The summed E-state index contributed by atoms with van der Waals surface area (Å²) in [4.78, 5) is 25.8. The molecule has 0 radical (unpaired) electrons. The molecule has 0 aromatic heterocycles. The van der Waals surface area contributed by atoms with Crippen molar-refractivity contribution in [1.82, 2.24) is 0 Å². The topological polar surface area (TPSA) is 58.2 Å². The van der Waals surface area contributed by atoms with Gasteiger partial charge in [0.15, 0.2) is 0 Å². The normalized spacial score (nSPS) is 15.1. The molecule has 1 aliphatic carbocycles. The fourth-order valence-electron chi connectivity index (χ4n) is 3.47. The number of carbonyl (C=O) groups is 2. The average molecular weight is 364 g/mol. The molecule has 4 nitrogen and oxygen atoms in total. The second-order valence-corrected chi connectivity index (χ2v) is 8.66. The molecule has 0 atom stereocenters. The molecule has 2 amide bonds. The number of benzene rings is 2. The van der Waals surface area contributed by atoms with Crippen LogP contribution in [-0.4, -0.2) is 11.8 Å². The third-order valence-corrected chi connectivity index (χ3v) is 5.08. The third-order valence-electron chi connectivity index (χ3n) is 5.08. The van der Waals surface area contributed by atoms with Crippen LogP contribution >= 0.6 is 0 Å². The minimum Gasteiger partial charge on any atom is -0.325 e. The van der Waals surface area contributed by atoms with E-state index in [9.17, 15) is 9.59 Å². The number of hydrogen-bond donors (Lipinski definition) is 2. The van der Waals surface area contributed by atoms with Gasteiger partial charge in [-0.1, -0.05) is 45.0 Å². The van der Waals surface area contributed by atoms with Crippen LogP contribution in [-0.2, 0) is 15.0 Å². The van der Waals surface area contributed by atoms with Gasteiger partial charge in [0.25, 0.3) is 0 Å². The van der Waals surface area contributed by atoms with E-state index in [0.29, 0.717) is 12.8 Å². The highest BCUT2D eigenvalue weighted by Crippen LogP contribution is 2.48. The maximum Gasteiger partial charge on any atom is 0.240 e. The van der Waals surface area contributed by atoms with E-state index in [4.69, 9.17) is 0 Å². The summed E-state index contributed by atoms with van der Waals surface area (Å²) < 4.78 is 0. The number of amides is 2. The molecule has 0 unspecified atom stereocenters. The van der Waals surface area contributed by atoms with Crippen LogP contribution in [0.5, 0.6) is 0 Å². The van der Waals surface area contributed by atoms with Gasteiger partial charge in [-0.25, -0.2) is 0 Å². The fourth-order valence-corrected chi connectivity index (χ4v) is 3.47. The Morgan fingerprint density at radius 1 is 0.889 bits per heavy atom. The smallest absolute Gasteiger partial charge is 0.240 e. The van der Waals surface area contributed by atoms with Crippen LogP contribution in [0.1, 0.15) is 50.3 Å². The SMILES string of the molecule is Cc1cc(C)cc(NC(=O)C2(C(=O)Nc3ccccc3C(C)(C)C)CC2)c1. The average Bonchev–Trinajstić information content (AvgIpc) is 3.35. The van der Waals surface area contributed by atoms with Gasteiger partial charge in [0.2, 0.25) is 11.8 Å². The molecule has 0 heterocycles. The summed E-state index contributed by atoms with van der Waals surface area (Å²) in [5, 5.41) is 5.95. The molecule has 0 saturated heterocycles. The van der Waals surface area contributed by atoms with Crippen molar-refractivity contribution < 1.29 is 9.59 Å². The lowest BCUT2D eigenvalue weighted by Gasteiger charge is -2.24. The largest absolute Gasteiger partial charge is 0.325 e. The molecule has 27 heavy (non-hydrogen) atoms. The Morgan fingerprint density at radius 2 is 1.44 bits per heavy atom. The van der Waals surface area contributed by atoms with Crippen molar-refractivity contribution >= 4 is 23.2 Å². The number of carbonyl (C=O) groups excluding carboxylic acids is 2. The quantitative estimate of drug-likeness (QED) is 0.754. The van der Waals surface area contributed by atoms with Gasteiger partial charge in [-0.05, 0) is 67.0 Å². The molecule has 2 aromatic carbocycles. The Morgan fingerprint density at radius 3 is 2.00 bits per heavy atom. The van der Waals surface area contributed by atoms with Gasteiger partial charge in [0, 0.05) is 11.4 Å². The first-order valence-electron chi connectivity index (χ1n) is 9.42. The van der Waals surface area contributed by atoms with Gasteiger partial charge in [-0.3, -0.25) is 9.59 Å². The maximum absolute atomic E-state index is 13.0. The minimum absolute atomic E-state index is 0.0953. The number of aryl methyl sites for hydroxylation is 2. The lowest BCUT2D eigenvalue weighted by atomic mass is 9.85. The summed E-state index contributed by atoms with van der Waals surface area (Å²) in [6.07, 6.45) is 1.15. The van der Waals surface area contributed by atoms with Crippen molar-refractivity contribution in [3.05, 3.63) is 59.2 Å². The van der Waals surface area contributed by atoms with Gasteiger partial charge in [0.1, 0.15) is 5.41 Å². The van der Waals surface area contributed by atoms with Crippen LogP contribution in [0, 0.1) is 19.3 Å². The first kappa shape index (κ1) is 19.2. The number of anilines is 2. The summed E-state index contributed by atoms with van der Waals surface area (Å²) in [5.74, 6) is -0.445. The molecule has 142 valence electrons. The zero-order valence-corrected chi connectivity index (χ0v) is 16.8. The molecule has 4 heteroatoms. The van der Waals surface area contributed by atoms with Crippen molar-refractivity contribution in [1.29, 1.82) is 0 Å². The standard InChI is InChI=1S/C23H28N2O2/c1-15-12-16(2)14-17(13-15)24-20(26)23(10-11-23)21(27)25-19-9-7-6-8-18(19)22(3,4)5/h6-9,12-14H,10-11H2,1-5H3,(H,24,26)(H,25,27). The van der Waals surface area contributed by atoms with Crippen LogP contribution < -0.4 is 10.6 Å². The summed E-state index contributed by atoms with van der Waals surface area (Å²) >= 11 is 0. The van der Waals surface area contributed by atoms with E-state index in [1.54, 1.807) is 0 Å². The molecule has 0 bridgehead atoms. The predicted molar refractivity (Wildman–Crippen MR) is 110 cm³/mol. The lowest BCUT2D eigenvalue weighted by molar-refractivity contribution is -0.131. The Labute approximate surface area is 161 Å². The minimum atomic E-state index is -0.970. The van der Waals surface area contributed by atoms with Gasteiger partial charge in [-0.2, -0.15) is 0 Å². The van der Waals surface area contributed by atoms with E-state index in [-0.39, 0.29) is 17.2 Å². The summed E-state index contributed by atoms with van der Waals surface area (Å²) in [7, 11) is 0. The third kappa shape index (κ3) is 4.05. The van der Waals surface area contributed by atoms with Gasteiger partial charge >= 0.3 is 0 Å². The van der Waals surface area contributed by atoms with Gasteiger partial charge in [-0.15, -0.1) is 0 Å². The Kier molecular flexibility index (Phi) is 4.85. The van der Waals surface area contributed by atoms with Crippen molar-refractivity contribution in [3.8, 4) is 0 Å². The van der Waals surface area contributed by atoms with E-state index in [0.717, 1.165) is 28.1 Å². The summed E-state index contributed by atoms with van der Waals surface area (Å²) in [6, 6.07) is 13.7. The van der Waals surface area contributed by atoms with Crippen LogP contribution in [0.4, 0.5) is 11.4 Å². The van der Waals surface area contributed by atoms with Crippen LogP contribution in [0.25, 0.3) is 0 Å². The molecular formula is C23H28N2O2. The molecule has 2 aromatic rings. The van der Waals surface area contributed by atoms with Crippen molar-refractivity contribution in [2.75, 3.05) is 10.6 Å². The van der Waals surface area contributed by atoms with E-state index in [1.165, 1.54) is 0 Å². The van der Waals surface area contributed by atoms with E-state index < -0.39 is 5.41 Å². The maximum atomic E-state index is 13.0. The second kappa shape index (κ2) is 6.84. The van der Waals surface area contributed by atoms with Crippen LogP contribution in [0.3, 0.4) is 0 Å². The van der Waals surface area contributed by atoms with Crippen molar-refractivity contribution in [3.63, 3.8) is 0 Å². The second-order valence-electron chi connectivity index (χ2n) is 8.66. The number of nitrogens with one attached hydrogen (secondary N) is 2. The summed E-state index contributed by atoms with van der Waals surface area (Å²) in [5.41, 5.74) is 3.68. The van der Waals surface area contributed by atoms with Crippen LogP contribution in [0.2, 0.25) is 0 Å². The molecular weight excluding hydrogens is 336 g/mol. The zero-order valence-electron chi connectivity index (χ0n) is 16.8. The molecule has 2 N–H and O–H groups in total. The molecule has 1 saturated carbocycles. The molecule has 3 rings (SSSR count). The van der Waals surface area contributed by atoms with Crippen molar-refractivity contribution in [2.45, 2.75) is 52.9 Å². The Balaban J connectivity index is 1.78. The molecule has 1 aliphatic rings. The zero-order chi connectivity index (χ0) is 19.8. The van der Waals surface area contributed by atoms with Crippen LogP contribution in [0.15, 0.2) is 42.5 Å². The lowest BCUT2D eigenvalue weighted by Crippen LogP contribution is -2.36. The predicted octanol–water partition coefficient (Wildman–Crippen LogP) is 4.96. The highest BCUT2D eigenvalue weighted by atomic mass is 16.2. The highest BCUT2D eigenvalue weighted by Gasteiger charge is 2.56. The highest BCUT2D eigenvalue weighted by molar-refractivity contribution is 6.17. The van der Waals surface area contributed by atoms with E-state index >= 15 is 0 Å². The summed E-state index contributed by atoms with van der Waals surface area (Å²) in [6.45, 7) is 10.3. The number of rotatable bonds is 4. The van der Waals surface area contributed by atoms with E-state index in [1.807, 2.05) is 50.2 Å². The number of hydrogen-bond acceptors (Lipinski definition) is 2.